The van der Waals surface area contributed by atoms with Crippen LogP contribution in [0.1, 0.15) is 40.9 Å². The first-order chi connectivity index (χ1) is 14.7. The summed E-state index contributed by atoms with van der Waals surface area (Å²) in [5.41, 5.74) is -0.00453. The number of ether oxygens (including phenoxy) is 3. The number of carbonyl (C=O) groups is 1. The summed E-state index contributed by atoms with van der Waals surface area (Å²) in [4.78, 5) is 15.2. The zero-order valence-corrected chi connectivity index (χ0v) is 16.9. The molecule has 2 aliphatic rings. The summed E-state index contributed by atoms with van der Waals surface area (Å²) < 4.78 is 52.4. The summed E-state index contributed by atoms with van der Waals surface area (Å²) in [6.45, 7) is 0.205. The third-order valence-corrected chi connectivity index (χ3v) is 6.55. The third kappa shape index (κ3) is 5.10. The second-order valence-electron chi connectivity index (χ2n) is 7.58. The number of hydrogen-bond acceptors (Lipinski definition) is 7. The van der Waals surface area contributed by atoms with Gasteiger partial charge >= 0.3 is 12.3 Å². The van der Waals surface area contributed by atoms with E-state index in [1.807, 2.05) is 0 Å². The number of nitrogens with zero attached hydrogens (tertiary/aromatic N) is 1. The van der Waals surface area contributed by atoms with Gasteiger partial charge in [-0.05, 0) is 43.0 Å². The van der Waals surface area contributed by atoms with E-state index in [9.17, 15) is 23.1 Å². The molecule has 7 nitrogen and oxygen atoms in total. The molecule has 2 fully saturated rings. The van der Waals surface area contributed by atoms with Gasteiger partial charge in [-0.3, -0.25) is 0 Å². The lowest BCUT2D eigenvalue weighted by Gasteiger charge is -2.33. The minimum atomic E-state index is -4.75. The average Bonchev–Trinajstić information content (AvgIpc) is 3.30. The number of thiazole rings is 1. The fourth-order valence-corrected chi connectivity index (χ4v) is 5.07. The zero-order chi connectivity index (χ0) is 22.2. The van der Waals surface area contributed by atoms with Crippen LogP contribution in [0.2, 0.25) is 0 Å². The van der Waals surface area contributed by atoms with Crippen molar-refractivity contribution < 1.29 is 42.4 Å². The van der Waals surface area contributed by atoms with Gasteiger partial charge in [0, 0.05) is 17.7 Å². The minimum absolute atomic E-state index is 0.00453. The first kappa shape index (κ1) is 21.8. The Morgan fingerprint density at radius 1 is 1.23 bits per heavy atom. The fourth-order valence-electron chi connectivity index (χ4n) is 4.21. The van der Waals surface area contributed by atoms with Crippen molar-refractivity contribution >= 4 is 17.3 Å². The molecular weight excluding hydrogens is 439 g/mol. The molecule has 1 saturated carbocycles. The SMILES string of the molecule is O=C(O)c1csc([C@H]2CC[C@@H]3[C@@H](COc4ccc(OC(F)(F)F)cc4)[C@H](O)C[C@@H]3O2)n1. The summed E-state index contributed by atoms with van der Waals surface area (Å²) in [6, 6.07) is 5.11. The van der Waals surface area contributed by atoms with E-state index in [4.69, 9.17) is 14.6 Å². The van der Waals surface area contributed by atoms with Crippen molar-refractivity contribution in [3.05, 3.63) is 40.3 Å². The second kappa shape index (κ2) is 8.64. The highest BCUT2D eigenvalue weighted by Gasteiger charge is 2.47. The number of aromatic carboxylic acids is 1. The predicted octanol–water partition coefficient (Wildman–Crippen LogP) is 4.04. The van der Waals surface area contributed by atoms with Crippen LogP contribution in [-0.4, -0.2) is 46.3 Å². The van der Waals surface area contributed by atoms with E-state index < -0.39 is 18.4 Å². The summed E-state index contributed by atoms with van der Waals surface area (Å²) in [6.07, 6.45) is -4.02. The number of halogens is 3. The van der Waals surface area contributed by atoms with E-state index in [-0.39, 0.29) is 42.1 Å². The highest BCUT2D eigenvalue weighted by atomic mass is 32.1. The summed E-state index contributed by atoms with van der Waals surface area (Å²) in [7, 11) is 0. The summed E-state index contributed by atoms with van der Waals surface area (Å²) in [5, 5.41) is 21.6. The Labute approximate surface area is 179 Å². The monoisotopic (exact) mass is 459 g/mol. The largest absolute Gasteiger partial charge is 0.573 e. The summed E-state index contributed by atoms with van der Waals surface area (Å²) in [5.74, 6) is -1.15. The first-order valence-electron chi connectivity index (χ1n) is 9.70. The van der Waals surface area contributed by atoms with Crippen LogP contribution < -0.4 is 9.47 Å². The Kier molecular flexibility index (Phi) is 6.09. The number of aliphatic hydroxyl groups excluding tert-OH is 1. The maximum absolute atomic E-state index is 12.2. The highest BCUT2D eigenvalue weighted by molar-refractivity contribution is 7.09. The number of aliphatic hydroxyl groups is 1. The van der Waals surface area contributed by atoms with Crippen molar-refractivity contribution in [1.82, 2.24) is 4.98 Å². The smallest absolute Gasteiger partial charge is 0.493 e. The molecule has 2 N–H and O–H groups in total. The van der Waals surface area contributed by atoms with Crippen LogP contribution in [0.25, 0.3) is 0 Å². The van der Waals surface area contributed by atoms with Crippen molar-refractivity contribution in [2.45, 2.75) is 43.9 Å². The molecule has 0 amide bonds. The quantitative estimate of drug-likeness (QED) is 0.673. The van der Waals surface area contributed by atoms with Crippen LogP contribution in [0, 0.1) is 11.8 Å². The summed E-state index contributed by atoms with van der Waals surface area (Å²) >= 11 is 1.25. The van der Waals surface area contributed by atoms with Crippen LogP contribution in [0.5, 0.6) is 11.5 Å². The molecule has 0 unspecified atom stereocenters. The van der Waals surface area contributed by atoms with E-state index in [0.29, 0.717) is 23.6 Å². The molecule has 5 atom stereocenters. The van der Waals surface area contributed by atoms with Crippen LogP contribution in [0.4, 0.5) is 13.2 Å². The Bertz CT molecular complexity index is 918. The Morgan fingerprint density at radius 2 is 1.94 bits per heavy atom. The molecule has 0 spiro atoms. The maximum atomic E-state index is 12.2. The Balaban J connectivity index is 1.33. The van der Waals surface area contributed by atoms with Gasteiger partial charge in [-0.1, -0.05) is 0 Å². The number of fused-ring (bicyclic) bond motifs is 1. The van der Waals surface area contributed by atoms with E-state index >= 15 is 0 Å². The van der Waals surface area contributed by atoms with Gasteiger partial charge < -0.3 is 24.4 Å². The maximum Gasteiger partial charge on any atom is 0.573 e. The fraction of sp³-hybridized carbons (Fsp3) is 0.500. The van der Waals surface area contributed by atoms with Crippen LogP contribution in [0.3, 0.4) is 0 Å². The van der Waals surface area contributed by atoms with Gasteiger partial charge in [-0.15, -0.1) is 24.5 Å². The van der Waals surface area contributed by atoms with Crippen LogP contribution in [0.15, 0.2) is 29.6 Å². The molecule has 4 rings (SSSR count). The van der Waals surface area contributed by atoms with Gasteiger partial charge in [0.05, 0.1) is 18.8 Å². The van der Waals surface area contributed by atoms with E-state index in [1.54, 1.807) is 0 Å². The standard InChI is InChI=1S/C20H20F3NO6S/c21-20(22,23)30-11-3-1-10(2-4-11)28-8-13-12-5-6-16(29-17(12)7-15(13)25)18-24-14(9-31-18)19(26)27/h1-4,9,12-13,15-17,25H,5-8H2,(H,26,27)/t12-,13-,15-,16-,17+/m1/s1. The van der Waals surface area contributed by atoms with E-state index in [1.165, 1.54) is 41.0 Å². The van der Waals surface area contributed by atoms with Gasteiger partial charge in [0.25, 0.3) is 0 Å². The average molecular weight is 459 g/mol. The van der Waals surface area contributed by atoms with Crippen LogP contribution in [-0.2, 0) is 4.74 Å². The van der Waals surface area contributed by atoms with E-state index in [2.05, 4.69) is 9.72 Å². The lowest BCUT2D eigenvalue weighted by Crippen LogP contribution is -2.33. The molecule has 1 aromatic carbocycles. The van der Waals surface area contributed by atoms with Gasteiger partial charge in [0.15, 0.2) is 5.69 Å². The molecular formula is C20H20F3NO6S. The third-order valence-electron chi connectivity index (χ3n) is 5.61. The normalized spacial score (nSPS) is 28.2. The molecule has 2 heterocycles. The van der Waals surface area contributed by atoms with Crippen molar-refractivity contribution in [2.24, 2.45) is 11.8 Å². The predicted molar refractivity (Wildman–Crippen MR) is 102 cm³/mol. The number of benzene rings is 1. The molecule has 1 aromatic heterocycles. The molecule has 1 aliphatic carbocycles. The number of carboxylic acids is 1. The number of aromatic nitrogens is 1. The molecule has 0 bridgehead atoms. The first-order valence-corrected chi connectivity index (χ1v) is 10.6. The topological polar surface area (TPSA) is 98.1 Å². The molecule has 0 radical (unpaired) electrons. The van der Waals surface area contributed by atoms with Crippen LogP contribution >= 0.6 is 11.3 Å². The lowest BCUT2D eigenvalue weighted by atomic mass is 9.87. The molecule has 31 heavy (non-hydrogen) atoms. The van der Waals surface area contributed by atoms with Crippen molar-refractivity contribution in [1.29, 1.82) is 0 Å². The number of alkyl halides is 3. The van der Waals surface area contributed by atoms with Gasteiger partial charge in [-0.2, -0.15) is 0 Å². The Morgan fingerprint density at radius 3 is 2.58 bits per heavy atom. The number of hydrogen-bond donors (Lipinski definition) is 2. The van der Waals surface area contributed by atoms with E-state index in [0.717, 1.165) is 6.42 Å². The molecule has 2 aromatic rings. The van der Waals surface area contributed by atoms with Crippen molar-refractivity contribution in [2.75, 3.05) is 6.61 Å². The lowest BCUT2D eigenvalue weighted by molar-refractivity contribution is -0.274. The minimum Gasteiger partial charge on any atom is -0.493 e. The van der Waals surface area contributed by atoms with Crippen molar-refractivity contribution in [3.8, 4) is 11.5 Å². The highest BCUT2D eigenvalue weighted by Crippen LogP contribution is 2.46. The molecule has 11 heteroatoms. The van der Waals surface area contributed by atoms with Gasteiger partial charge in [0.1, 0.15) is 22.6 Å². The van der Waals surface area contributed by atoms with Crippen molar-refractivity contribution in [3.63, 3.8) is 0 Å². The van der Waals surface area contributed by atoms with Gasteiger partial charge in [-0.25, -0.2) is 9.78 Å². The second-order valence-corrected chi connectivity index (χ2v) is 8.47. The number of rotatable bonds is 6. The van der Waals surface area contributed by atoms with Gasteiger partial charge in [0.2, 0.25) is 0 Å². The molecule has 168 valence electrons. The number of carboxylic acid groups (broad SMARTS) is 1. The molecule has 1 saturated heterocycles. The zero-order valence-electron chi connectivity index (χ0n) is 16.1. The Hall–Kier alpha value is -2.37. The molecule has 1 aliphatic heterocycles.